The van der Waals surface area contributed by atoms with Gasteiger partial charge in [-0.15, -0.1) is 0 Å². The van der Waals surface area contributed by atoms with Crippen LogP contribution in [0.5, 0.6) is 0 Å². The molecule has 1 aromatic rings. The molecule has 0 bridgehead atoms. The second kappa shape index (κ2) is 5.29. The summed E-state index contributed by atoms with van der Waals surface area (Å²) in [5.74, 6) is 0.246. The summed E-state index contributed by atoms with van der Waals surface area (Å²) in [5.41, 5.74) is 1.54. The van der Waals surface area contributed by atoms with Crippen LogP contribution < -0.4 is 0 Å². The summed E-state index contributed by atoms with van der Waals surface area (Å²) in [5, 5.41) is 10.5. The zero-order chi connectivity index (χ0) is 13.3. The molecule has 2 unspecified atom stereocenters. The molecule has 1 aromatic carbocycles. The average molecular weight is 268 g/mol. The molecule has 1 aliphatic rings. The lowest BCUT2D eigenvalue weighted by Gasteiger charge is -2.34. The Kier molecular flexibility index (Phi) is 3.93. The van der Waals surface area contributed by atoms with E-state index in [0.29, 0.717) is 23.7 Å². The number of β-amino-alcohol motifs (C(OH)–C–C–N with tert-alkyl or cyclic N) is 1. The number of aryl methyl sites for hydroxylation is 1. The van der Waals surface area contributed by atoms with E-state index in [4.69, 9.17) is 11.6 Å². The first-order valence-corrected chi connectivity index (χ1v) is 6.60. The van der Waals surface area contributed by atoms with Crippen LogP contribution in [0.2, 0.25) is 5.02 Å². The van der Waals surface area contributed by atoms with Gasteiger partial charge in [0.15, 0.2) is 0 Å². The molecule has 98 valence electrons. The SMILES string of the molecule is Cc1cc(Cl)ccc1C(=O)N1CCC(C)C(O)C1. The second-order valence-corrected chi connectivity index (χ2v) is 5.48. The van der Waals surface area contributed by atoms with Crippen LogP contribution in [0.4, 0.5) is 0 Å². The van der Waals surface area contributed by atoms with Crippen LogP contribution >= 0.6 is 11.6 Å². The Bertz CT molecular complexity index is 461. The number of rotatable bonds is 1. The zero-order valence-corrected chi connectivity index (χ0v) is 11.4. The fraction of sp³-hybridized carbons (Fsp3) is 0.500. The van der Waals surface area contributed by atoms with Gasteiger partial charge in [-0.25, -0.2) is 0 Å². The maximum absolute atomic E-state index is 12.4. The van der Waals surface area contributed by atoms with Crippen molar-refractivity contribution in [2.75, 3.05) is 13.1 Å². The second-order valence-electron chi connectivity index (χ2n) is 5.04. The quantitative estimate of drug-likeness (QED) is 0.849. The van der Waals surface area contributed by atoms with Crippen molar-refractivity contribution in [3.05, 3.63) is 34.3 Å². The predicted molar refractivity (Wildman–Crippen MR) is 71.9 cm³/mol. The van der Waals surface area contributed by atoms with E-state index in [1.165, 1.54) is 0 Å². The van der Waals surface area contributed by atoms with E-state index in [2.05, 4.69) is 0 Å². The standard InChI is InChI=1S/C14H18ClNO2/c1-9-5-6-16(8-13(9)17)14(18)12-4-3-11(15)7-10(12)2/h3-4,7,9,13,17H,5-6,8H2,1-2H3. The number of aliphatic hydroxyl groups excluding tert-OH is 1. The van der Waals surface area contributed by atoms with E-state index in [1.807, 2.05) is 13.8 Å². The Morgan fingerprint density at radius 1 is 1.50 bits per heavy atom. The number of aliphatic hydroxyl groups is 1. The molecule has 0 aromatic heterocycles. The van der Waals surface area contributed by atoms with Gasteiger partial charge in [-0.2, -0.15) is 0 Å². The minimum atomic E-state index is -0.421. The number of hydrogen-bond acceptors (Lipinski definition) is 2. The third-order valence-electron chi connectivity index (χ3n) is 3.62. The molecule has 1 aliphatic heterocycles. The molecule has 1 saturated heterocycles. The van der Waals surface area contributed by atoms with Crippen molar-refractivity contribution in [3.8, 4) is 0 Å². The van der Waals surface area contributed by atoms with E-state index in [9.17, 15) is 9.90 Å². The summed E-state index contributed by atoms with van der Waals surface area (Å²) in [6.07, 6.45) is 0.426. The number of benzene rings is 1. The van der Waals surface area contributed by atoms with Gasteiger partial charge in [-0.3, -0.25) is 4.79 Å². The largest absolute Gasteiger partial charge is 0.391 e. The zero-order valence-electron chi connectivity index (χ0n) is 10.7. The number of nitrogens with zero attached hydrogens (tertiary/aromatic N) is 1. The number of hydrogen-bond donors (Lipinski definition) is 1. The molecule has 3 nitrogen and oxygen atoms in total. The van der Waals surface area contributed by atoms with E-state index >= 15 is 0 Å². The number of halogens is 1. The van der Waals surface area contributed by atoms with Gasteiger partial charge in [0.1, 0.15) is 0 Å². The lowest BCUT2D eigenvalue weighted by molar-refractivity contribution is 0.0248. The molecule has 1 heterocycles. The third-order valence-corrected chi connectivity index (χ3v) is 3.86. The Balaban J connectivity index is 2.16. The summed E-state index contributed by atoms with van der Waals surface area (Å²) >= 11 is 5.88. The third kappa shape index (κ3) is 2.68. The van der Waals surface area contributed by atoms with E-state index in [1.54, 1.807) is 23.1 Å². The molecule has 1 fully saturated rings. The van der Waals surface area contributed by atoms with Gasteiger partial charge < -0.3 is 10.0 Å². The highest BCUT2D eigenvalue weighted by atomic mass is 35.5. The van der Waals surface area contributed by atoms with Gasteiger partial charge in [0.25, 0.3) is 5.91 Å². The van der Waals surface area contributed by atoms with Gasteiger partial charge in [-0.1, -0.05) is 18.5 Å². The number of piperidine rings is 1. The van der Waals surface area contributed by atoms with E-state index in [-0.39, 0.29) is 11.8 Å². The van der Waals surface area contributed by atoms with Crippen LogP contribution in [0.15, 0.2) is 18.2 Å². The van der Waals surface area contributed by atoms with Crippen molar-refractivity contribution in [2.24, 2.45) is 5.92 Å². The summed E-state index contributed by atoms with van der Waals surface area (Å²) in [6, 6.07) is 5.27. The lowest BCUT2D eigenvalue weighted by Crippen LogP contribution is -2.46. The Morgan fingerprint density at radius 2 is 2.22 bits per heavy atom. The van der Waals surface area contributed by atoms with Crippen molar-refractivity contribution in [1.29, 1.82) is 0 Å². The molecule has 1 amide bonds. The first-order valence-electron chi connectivity index (χ1n) is 6.22. The molecular weight excluding hydrogens is 250 g/mol. The van der Waals surface area contributed by atoms with Gasteiger partial charge in [0.2, 0.25) is 0 Å². The summed E-state index contributed by atoms with van der Waals surface area (Å²) in [6.45, 7) is 5.02. The summed E-state index contributed by atoms with van der Waals surface area (Å²) in [4.78, 5) is 14.1. The Morgan fingerprint density at radius 3 is 2.83 bits per heavy atom. The molecule has 2 rings (SSSR count). The van der Waals surface area contributed by atoms with Gasteiger partial charge in [0, 0.05) is 23.7 Å². The molecular formula is C14H18ClNO2. The van der Waals surface area contributed by atoms with Gasteiger partial charge in [-0.05, 0) is 43.0 Å². The topological polar surface area (TPSA) is 40.5 Å². The fourth-order valence-corrected chi connectivity index (χ4v) is 2.50. The van der Waals surface area contributed by atoms with Crippen LogP contribution in [0.25, 0.3) is 0 Å². The normalized spacial score (nSPS) is 24.1. The van der Waals surface area contributed by atoms with E-state index in [0.717, 1.165) is 12.0 Å². The number of amides is 1. The van der Waals surface area contributed by atoms with E-state index < -0.39 is 6.10 Å². The predicted octanol–water partition coefficient (Wildman–Crippen LogP) is 2.49. The molecule has 0 aliphatic carbocycles. The van der Waals surface area contributed by atoms with Crippen molar-refractivity contribution in [1.82, 2.24) is 4.90 Å². The van der Waals surface area contributed by atoms with Crippen molar-refractivity contribution < 1.29 is 9.90 Å². The first-order chi connectivity index (χ1) is 8.49. The van der Waals surface area contributed by atoms with Crippen molar-refractivity contribution in [2.45, 2.75) is 26.4 Å². The van der Waals surface area contributed by atoms with Crippen LogP contribution in [-0.2, 0) is 0 Å². The maximum atomic E-state index is 12.4. The fourth-order valence-electron chi connectivity index (χ4n) is 2.27. The highest BCUT2D eigenvalue weighted by molar-refractivity contribution is 6.30. The Labute approximate surface area is 112 Å². The van der Waals surface area contributed by atoms with Crippen molar-refractivity contribution in [3.63, 3.8) is 0 Å². The van der Waals surface area contributed by atoms with Crippen LogP contribution in [0.3, 0.4) is 0 Å². The Hall–Kier alpha value is -1.06. The van der Waals surface area contributed by atoms with Crippen LogP contribution in [0, 0.1) is 12.8 Å². The molecule has 2 atom stereocenters. The number of likely N-dealkylation sites (tertiary alicyclic amines) is 1. The maximum Gasteiger partial charge on any atom is 0.254 e. The lowest BCUT2D eigenvalue weighted by atomic mass is 9.95. The molecule has 18 heavy (non-hydrogen) atoms. The highest BCUT2D eigenvalue weighted by Gasteiger charge is 2.28. The molecule has 0 saturated carbocycles. The molecule has 0 radical (unpaired) electrons. The van der Waals surface area contributed by atoms with Crippen LogP contribution in [0.1, 0.15) is 29.3 Å². The number of carbonyl (C=O) groups excluding carboxylic acids is 1. The monoisotopic (exact) mass is 267 g/mol. The molecule has 0 spiro atoms. The summed E-state index contributed by atoms with van der Waals surface area (Å²) < 4.78 is 0. The minimum absolute atomic E-state index is 0.0184. The van der Waals surface area contributed by atoms with Gasteiger partial charge >= 0.3 is 0 Å². The molecule has 1 N–H and O–H groups in total. The van der Waals surface area contributed by atoms with Crippen molar-refractivity contribution >= 4 is 17.5 Å². The number of carbonyl (C=O) groups is 1. The minimum Gasteiger partial charge on any atom is -0.391 e. The van der Waals surface area contributed by atoms with Gasteiger partial charge in [0.05, 0.1) is 6.10 Å². The first kappa shape index (κ1) is 13.4. The highest BCUT2D eigenvalue weighted by Crippen LogP contribution is 2.21. The smallest absolute Gasteiger partial charge is 0.254 e. The molecule has 4 heteroatoms. The van der Waals surface area contributed by atoms with Crippen LogP contribution in [-0.4, -0.2) is 35.1 Å². The summed E-state index contributed by atoms with van der Waals surface area (Å²) in [7, 11) is 0. The average Bonchev–Trinajstić information content (AvgIpc) is 2.32.